The van der Waals surface area contributed by atoms with Crippen LogP contribution in [0.2, 0.25) is 0 Å². The van der Waals surface area contributed by atoms with Crippen LogP contribution >= 0.6 is 0 Å². The highest BCUT2D eigenvalue weighted by molar-refractivity contribution is 7.89. The highest BCUT2D eigenvalue weighted by Gasteiger charge is 2.19. The average molecular weight is 452 g/mol. The largest absolute Gasteiger partial charge is 0.273 e. The van der Waals surface area contributed by atoms with E-state index in [4.69, 9.17) is 0 Å². The molecule has 11 heteroatoms. The van der Waals surface area contributed by atoms with Crippen molar-refractivity contribution in [2.24, 2.45) is 0 Å². The Balaban J connectivity index is 1.38. The van der Waals surface area contributed by atoms with E-state index in [0.29, 0.717) is 12.4 Å². The van der Waals surface area contributed by atoms with Crippen molar-refractivity contribution in [3.63, 3.8) is 0 Å². The standard InChI is InChI=1S/C21H17FN6O3S/c22-18-8-4-5-9-19(18)32(30,31)27-24-21(29)17-12-10-15(11-13-17)14-28-25-20(23-26-28)16-6-2-1-3-7-16/h1-13,27H,14H2,(H,24,29). The number of nitrogens with zero attached hydrogens (tertiary/aromatic N) is 4. The van der Waals surface area contributed by atoms with E-state index in [9.17, 15) is 17.6 Å². The van der Waals surface area contributed by atoms with Crippen LogP contribution in [0.1, 0.15) is 15.9 Å². The molecule has 0 atom stereocenters. The highest BCUT2D eigenvalue weighted by Crippen LogP contribution is 2.14. The van der Waals surface area contributed by atoms with Gasteiger partial charge in [-0.05, 0) is 35.0 Å². The van der Waals surface area contributed by atoms with Crippen molar-refractivity contribution < 1.29 is 17.6 Å². The molecule has 4 rings (SSSR count). The van der Waals surface area contributed by atoms with Gasteiger partial charge in [-0.3, -0.25) is 10.2 Å². The molecule has 0 saturated heterocycles. The predicted octanol–water partition coefficient (Wildman–Crippen LogP) is 2.15. The van der Waals surface area contributed by atoms with Crippen molar-refractivity contribution in [2.75, 3.05) is 0 Å². The number of nitrogens with one attached hydrogen (secondary N) is 2. The van der Waals surface area contributed by atoms with Gasteiger partial charge in [-0.15, -0.1) is 15.0 Å². The molecule has 0 aliphatic heterocycles. The van der Waals surface area contributed by atoms with E-state index < -0.39 is 26.6 Å². The molecule has 32 heavy (non-hydrogen) atoms. The van der Waals surface area contributed by atoms with Gasteiger partial charge in [0, 0.05) is 11.1 Å². The predicted molar refractivity (Wildman–Crippen MR) is 113 cm³/mol. The van der Waals surface area contributed by atoms with Crippen LogP contribution in [0.25, 0.3) is 11.4 Å². The molecule has 162 valence electrons. The SMILES string of the molecule is O=C(NNS(=O)(=O)c1ccccc1F)c1ccc(Cn2nnc(-c3ccccc3)n2)cc1. The summed E-state index contributed by atoms with van der Waals surface area (Å²) in [7, 11) is -4.25. The minimum Gasteiger partial charge on any atom is -0.273 e. The smallest absolute Gasteiger partial charge is 0.266 e. The monoisotopic (exact) mass is 452 g/mol. The summed E-state index contributed by atoms with van der Waals surface area (Å²) in [6, 6.07) is 20.7. The highest BCUT2D eigenvalue weighted by atomic mass is 32.2. The van der Waals surface area contributed by atoms with Gasteiger partial charge >= 0.3 is 0 Å². The zero-order valence-electron chi connectivity index (χ0n) is 16.5. The maximum Gasteiger partial charge on any atom is 0.266 e. The molecule has 0 bridgehead atoms. The Bertz CT molecular complexity index is 1340. The number of sulfonamides is 1. The number of hydrogen-bond acceptors (Lipinski definition) is 6. The molecule has 1 aromatic heterocycles. The molecule has 1 heterocycles. The Morgan fingerprint density at radius 3 is 2.34 bits per heavy atom. The van der Waals surface area contributed by atoms with Crippen LogP contribution in [-0.2, 0) is 16.6 Å². The van der Waals surface area contributed by atoms with Crippen LogP contribution in [0.4, 0.5) is 4.39 Å². The summed E-state index contributed by atoms with van der Waals surface area (Å²) in [5.74, 6) is -1.11. The van der Waals surface area contributed by atoms with Crippen LogP contribution < -0.4 is 10.3 Å². The van der Waals surface area contributed by atoms with E-state index in [1.54, 1.807) is 12.1 Å². The maximum absolute atomic E-state index is 13.7. The zero-order valence-corrected chi connectivity index (χ0v) is 17.3. The third-order valence-electron chi connectivity index (χ3n) is 4.45. The Morgan fingerprint density at radius 1 is 0.938 bits per heavy atom. The van der Waals surface area contributed by atoms with Gasteiger partial charge in [0.1, 0.15) is 10.7 Å². The number of carbonyl (C=O) groups excluding carboxylic acids is 1. The number of rotatable bonds is 7. The number of amides is 1. The lowest BCUT2D eigenvalue weighted by atomic mass is 10.1. The van der Waals surface area contributed by atoms with Crippen LogP contribution in [-0.4, -0.2) is 34.5 Å². The number of tetrazole rings is 1. The van der Waals surface area contributed by atoms with Crippen LogP contribution in [0.15, 0.2) is 83.8 Å². The number of benzene rings is 3. The first-order valence-electron chi connectivity index (χ1n) is 9.41. The minimum atomic E-state index is -4.25. The summed E-state index contributed by atoms with van der Waals surface area (Å²) >= 11 is 0. The minimum absolute atomic E-state index is 0.210. The van der Waals surface area contributed by atoms with Gasteiger partial charge in [0.25, 0.3) is 15.9 Å². The van der Waals surface area contributed by atoms with Crippen LogP contribution in [0.5, 0.6) is 0 Å². The Labute approximate surface area is 182 Å². The third kappa shape index (κ3) is 4.85. The number of carbonyl (C=O) groups is 1. The molecule has 0 radical (unpaired) electrons. The summed E-state index contributed by atoms with van der Waals surface area (Å²) in [4.78, 5) is 15.0. The molecule has 4 aromatic rings. The van der Waals surface area contributed by atoms with Gasteiger partial charge in [-0.2, -0.15) is 4.80 Å². The van der Waals surface area contributed by atoms with Gasteiger partial charge in [0.15, 0.2) is 0 Å². The molecule has 9 nitrogen and oxygen atoms in total. The molecular formula is C21H17FN6O3S. The second-order valence-electron chi connectivity index (χ2n) is 6.70. The van der Waals surface area contributed by atoms with E-state index >= 15 is 0 Å². The quantitative estimate of drug-likeness (QED) is 0.415. The summed E-state index contributed by atoms with van der Waals surface area (Å²) in [5, 5.41) is 12.4. The van der Waals surface area contributed by atoms with Crippen LogP contribution in [0.3, 0.4) is 0 Å². The fourth-order valence-corrected chi connectivity index (χ4v) is 3.76. The van der Waals surface area contributed by atoms with Crippen molar-refractivity contribution in [1.82, 2.24) is 30.5 Å². The fraction of sp³-hybridized carbons (Fsp3) is 0.0476. The number of aromatic nitrogens is 4. The number of hydrogen-bond donors (Lipinski definition) is 2. The van der Waals surface area contributed by atoms with Gasteiger partial charge in [0.05, 0.1) is 6.54 Å². The fourth-order valence-electron chi connectivity index (χ4n) is 2.84. The van der Waals surface area contributed by atoms with Gasteiger partial charge < -0.3 is 0 Å². The maximum atomic E-state index is 13.7. The number of hydrazine groups is 1. The summed E-state index contributed by atoms with van der Waals surface area (Å²) < 4.78 is 38.0. The Kier molecular flexibility index (Phi) is 6.01. The zero-order chi connectivity index (χ0) is 22.6. The van der Waals surface area contributed by atoms with E-state index in [1.165, 1.54) is 29.1 Å². The lowest BCUT2D eigenvalue weighted by Gasteiger charge is -2.09. The van der Waals surface area contributed by atoms with Crippen molar-refractivity contribution in [2.45, 2.75) is 11.4 Å². The lowest BCUT2D eigenvalue weighted by Crippen LogP contribution is -2.41. The number of halogens is 1. The van der Waals surface area contributed by atoms with E-state index in [0.717, 1.165) is 23.3 Å². The first kappa shape index (κ1) is 21.3. The van der Waals surface area contributed by atoms with Gasteiger partial charge in [-0.1, -0.05) is 54.6 Å². The Hall–Kier alpha value is -3.96. The first-order valence-corrected chi connectivity index (χ1v) is 10.9. The Morgan fingerprint density at radius 2 is 1.62 bits per heavy atom. The van der Waals surface area contributed by atoms with Gasteiger partial charge in [-0.25, -0.2) is 12.8 Å². The molecule has 0 aliphatic rings. The molecule has 3 aromatic carbocycles. The second kappa shape index (κ2) is 9.04. The van der Waals surface area contributed by atoms with E-state index in [1.807, 2.05) is 35.2 Å². The summed E-state index contributed by atoms with van der Waals surface area (Å²) in [5.41, 5.74) is 3.94. The lowest BCUT2D eigenvalue weighted by molar-refractivity contribution is 0.0945. The molecule has 0 unspecified atom stereocenters. The summed E-state index contributed by atoms with van der Waals surface area (Å²) in [6.45, 7) is 0.335. The normalized spacial score (nSPS) is 11.3. The molecule has 0 saturated carbocycles. The van der Waals surface area contributed by atoms with E-state index in [-0.39, 0.29) is 5.56 Å². The topological polar surface area (TPSA) is 119 Å². The van der Waals surface area contributed by atoms with Crippen LogP contribution in [0, 0.1) is 5.82 Å². The van der Waals surface area contributed by atoms with Crippen molar-refractivity contribution >= 4 is 15.9 Å². The molecular weight excluding hydrogens is 435 g/mol. The van der Waals surface area contributed by atoms with Crippen molar-refractivity contribution in [3.8, 4) is 11.4 Å². The van der Waals surface area contributed by atoms with Gasteiger partial charge in [0.2, 0.25) is 5.82 Å². The second-order valence-corrected chi connectivity index (χ2v) is 8.35. The van der Waals surface area contributed by atoms with Crippen molar-refractivity contribution in [3.05, 3.63) is 95.8 Å². The molecule has 0 spiro atoms. The molecule has 2 N–H and O–H groups in total. The third-order valence-corrected chi connectivity index (χ3v) is 5.73. The summed E-state index contributed by atoms with van der Waals surface area (Å²) in [6.07, 6.45) is 0. The molecule has 0 aliphatic carbocycles. The molecule has 1 amide bonds. The molecule has 0 fully saturated rings. The van der Waals surface area contributed by atoms with Crippen molar-refractivity contribution in [1.29, 1.82) is 0 Å². The first-order chi connectivity index (χ1) is 15.4. The van der Waals surface area contributed by atoms with E-state index in [2.05, 4.69) is 20.8 Å². The average Bonchev–Trinajstić information content (AvgIpc) is 3.27.